The maximum absolute atomic E-state index is 13.1. The van der Waals surface area contributed by atoms with E-state index in [0.717, 1.165) is 22.3 Å². The second kappa shape index (κ2) is 6.27. The topological polar surface area (TPSA) is 29.5 Å². The molecule has 1 N–H and O–H groups in total. The number of aliphatic hydroxyl groups excluding tert-OH is 1. The Hall–Kier alpha value is -1.87. The maximum atomic E-state index is 13.1. The summed E-state index contributed by atoms with van der Waals surface area (Å²) < 4.78 is 18.7. The van der Waals surface area contributed by atoms with Crippen LogP contribution >= 0.6 is 0 Å². The van der Waals surface area contributed by atoms with Crippen LogP contribution in [0, 0.1) is 33.5 Å². The van der Waals surface area contributed by atoms with Gasteiger partial charge in [0, 0.05) is 0 Å². The first-order valence-electron chi connectivity index (χ1n) is 7.03. The molecule has 2 aromatic rings. The summed E-state index contributed by atoms with van der Waals surface area (Å²) in [7, 11) is 0. The number of benzene rings is 2. The van der Waals surface area contributed by atoms with E-state index in [4.69, 9.17) is 4.74 Å². The van der Waals surface area contributed by atoms with Crippen molar-refractivity contribution >= 4 is 0 Å². The number of hydrogen-bond acceptors (Lipinski definition) is 2. The smallest absolute Gasteiger partial charge is 0.123 e. The van der Waals surface area contributed by atoms with Gasteiger partial charge in [0.25, 0.3) is 0 Å². The lowest BCUT2D eigenvalue weighted by Gasteiger charge is -2.18. The van der Waals surface area contributed by atoms with Crippen LogP contribution in [0.2, 0.25) is 0 Å². The summed E-state index contributed by atoms with van der Waals surface area (Å²) in [5.74, 6) is 0.309. The lowest BCUT2D eigenvalue weighted by molar-refractivity contribution is 0.106. The van der Waals surface area contributed by atoms with Crippen LogP contribution in [0.1, 0.15) is 33.9 Å². The first kappa shape index (κ1) is 15.5. The molecule has 0 aliphatic carbocycles. The van der Waals surface area contributed by atoms with Gasteiger partial charge in [0.2, 0.25) is 0 Å². The second-order valence-electron chi connectivity index (χ2n) is 5.55. The van der Waals surface area contributed by atoms with Gasteiger partial charge >= 0.3 is 0 Å². The molecule has 0 saturated heterocycles. The van der Waals surface area contributed by atoms with Crippen LogP contribution in [0.25, 0.3) is 0 Å². The minimum Gasteiger partial charge on any atom is -0.490 e. The quantitative estimate of drug-likeness (QED) is 0.915. The van der Waals surface area contributed by atoms with Gasteiger partial charge in [-0.3, -0.25) is 0 Å². The summed E-state index contributed by atoms with van der Waals surface area (Å²) in [6.45, 7) is 7.95. The van der Waals surface area contributed by atoms with Crippen molar-refractivity contribution in [3.05, 3.63) is 64.0 Å². The van der Waals surface area contributed by atoms with Crippen molar-refractivity contribution in [3.8, 4) is 5.75 Å². The Morgan fingerprint density at radius 2 is 1.62 bits per heavy atom. The van der Waals surface area contributed by atoms with Crippen molar-refractivity contribution in [2.75, 3.05) is 6.61 Å². The van der Waals surface area contributed by atoms with Crippen LogP contribution in [0.15, 0.2) is 30.3 Å². The fraction of sp³-hybridized carbons (Fsp3) is 0.333. The molecule has 0 bridgehead atoms. The standard InChI is InChI=1S/C18H21FO2/c1-11-7-13(3)18(14(4)8-11)16(20)10-21-17-6-5-15(19)9-12(17)2/h5-9,16,20H,10H2,1-4H3. The summed E-state index contributed by atoms with van der Waals surface area (Å²) in [5, 5.41) is 10.4. The Balaban J connectivity index is 2.13. The molecule has 3 heteroatoms. The third kappa shape index (κ3) is 3.61. The number of halogens is 1. The average molecular weight is 288 g/mol. The Bertz CT molecular complexity index is 627. The van der Waals surface area contributed by atoms with E-state index >= 15 is 0 Å². The van der Waals surface area contributed by atoms with E-state index in [-0.39, 0.29) is 12.4 Å². The normalized spacial score (nSPS) is 12.3. The molecular weight excluding hydrogens is 267 g/mol. The molecule has 1 atom stereocenters. The first-order valence-corrected chi connectivity index (χ1v) is 7.03. The molecule has 0 spiro atoms. The average Bonchev–Trinajstić information content (AvgIpc) is 2.36. The van der Waals surface area contributed by atoms with Crippen molar-refractivity contribution in [1.82, 2.24) is 0 Å². The Kier molecular flexibility index (Phi) is 4.63. The summed E-state index contributed by atoms with van der Waals surface area (Å²) in [5.41, 5.74) is 4.91. The number of rotatable bonds is 4. The third-order valence-corrected chi connectivity index (χ3v) is 3.60. The molecule has 0 aliphatic rings. The van der Waals surface area contributed by atoms with Crippen molar-refractivity contribution in [2.24, 2.45) is 0 Å². The van der Waals surface area contributed by atoms with Gasteiger partial charge in [-0.05, 0) is 68.1 Å². The highest BCUT2D eigenvalue weighted by Gasteiger charge is 2.15. The van der Waals surface area contributed by atoms with Gasteiger partial charge in [0.1, 0.15) is 24.3 Å². The molecule has 2 rings (SSSR count). The van der Waals surface area contributed by atoms with Gasteiger partial charge in [0.05, 0.1) is 0 Å². The van der Waals surface area contributed by atoms with E-state index in [2.05, 4.69) is 12.1 Å². The van der Waals surface area contributed by atoms with Crippen molar-refractivity contribution in [3.63, 3.8) is 0 Å². The molecule has 0 aliphatic heterocycles. The molecule has 0 fully saturated rings. The van der Waals surface area contributed by atoms with E-state index in [0.29, 0.717) is 5.75 Å². The molecule has 0 radical (unpaired) electrons. The largest absolute Gasteiger partial charge is 0.490 e. The van der Waals surface area contributed by atoms with Crippen LogP contribution in [0.5, 0.6) is 5.75 Å². The minimum atomic E-state index is -0.699. The fourth-order valence-electron chi connectivity index (χ4n) is 2.74. The van der Waals surface area contributed by atoms with E-state index < -0.39 is 6.10 Å². The molecular formula is C18H21FO2. The molecule has 0 saturated carbocycles. The van der Waals surface area contributed by atoms with Crippen LogP contribution in [-0.2, 0) is 0 Å². The molecule has 2 aromatic carbocycles. The highest BCUT2D eigenvalue weighted by molar-refractivity contribution is 5.39. The predicted molar refractivity (Wildman–Crippen MR) is 82.2 cm³/mol. The Labute approximate surface area is 125 Å². The lowest BCUT2D eigenvalue weighted by atomic mass is 9.96. The summed E-state index contributed by atoms with van der Waals surface area (Å²) in [6.07, 6.45) is -0.699. The third-order valence-electron chi connectivity index (χ3n) is 3.60. The van der Waals surface area contributed by atoms with Crippen LogP contribution in [-0.4, -0.2) is 11.7 Å². The molecule has 0 amide bonds. The van der Waals surface area contributed by atoms with Crippen molar-refractivity contribution in [1.29, 1.82) is 0 Å². The zero-order valence-corrected chi connectivity index (χ0v) is 12.9. The molecule has 112 valence electrons. The van der Waals surface area contributed by atoms with E-state index in [1.54, 1.807) is 13.0 Å². The Morgan fingerprint density at radius 1 is 1.00 bits per heavy atom. The maximum Gasteiger partial charge on any atom is 0.123 e. The van der Waals surface area contributed by atoms with E-state index in [9.17, 15) is 9.50 Å². The zero-order valence-electron chi connectivity index (χ0n) is 12.9. The van der Waals surface area contributed by atoms with Crippen molar-refractivity contribution in [2.45, 2.75) is 33.8 Å². The van der Waals surface area contributed by atoms with Gasteiger partial charge < -0.3 is 9.84 Å². The number of aliphatic hydroxyl groups is 1. The monoisotopic (exact) mass is 288 g/mol. The molecule has 0 aromatic heterocycles. The van der Waals surface area contributed by atoms with Crippen LogP contribution in [0.3, 0.4) is 0 Å². The van der Waals surface area contributed by atoms with Crippen LogP contribution < -0.4 is 4.74 Å². The van der Waals surface area contributed by atoms with Gasteiger partial charge in [-0.1, -0.05) is 17.7 Å². The highest BCUT2D eigenvalue weighted by Crippen LogP contribution is 2.25. The SMILES string of the molecule is Cc1cc(C)c(C(O)COc2ccc(F)cc2C)c(C)c1. The number of ether oxygens (including phenoxy) is 1. The Morgan fingerprint density at radius 3 is 2.19 bits per heavy atom. The molecule has 21 heavy (non-hydrogen) atoms. The minimum absolute atomic E-state index is 0.150. The van der Waals surface area contributed by atoms with Gasteiger partial charge in [-0.15, -0.1) is 0 Å². The predicted octanol–water partition coefficient (Wildman–Crippen LogP) is 4.17. The van der Waals surface area contributed by atoms with Crippen molar-refractivity contribution < 1.29 is 14.2 Å². The van der Waals surface area contributed by atoms with Gasteiger partial charge in [0.15, 0.2) is 0 Å². The van der Waals surface area contributed by atoms with E-state index in [1.165, 1.54) is 17.7 Å². The van der Waals surface area contributed by atoms with Gasteiger partial charge in [-0.2, -0.15) is 0 Å². The molecule has 1 unspecified atom stereocenters. The second-order valence-corrected chi connectivity index (χ2v) is 5.55. The zero-order chi connectivity index (χ0) is 15.6. The van der Waals surface area contributed by atoms with E-state index in [1.807, 2.05) is 20.8 Å². The summed E-state index contributed by atoms with van der Waals surface area (Å²) >= 11 is 0. The molecule has 0 heterocycles. The fourth-order valence-corrected chi connectivity index (χ4v) is 2.74. The number of hydrogen-bond donors (Lipinski definition) is 1. The summed E-state index contributed by atoms with van der Waals surface area (Å²) in [6, 6.07) is 8.47. The summed E-state index contributed by atoms with van der Waals surface area (Å²) in [4.78, 5) is 0. The first-order chi connectivity index (χ1) is 9.88. The molecule has 2 nitrogen and oxygen atoms in total. The lowest BCUT2D eigenvalue weighted by Crippen LogP contribution is -2.13. The van der Waals surface area contributed by atoms with Gasteiger partial charge in [-0.25, -0.2) is 4.39 Å². The van der Waals surface area contributed by atoms with Crippen LogP contribution in [0.4, 0.5) is 4.39 Å². The number of aryl methyl sites for hydroxylation is 4. The highest BCUT2D eigenvalue weighted by atomic mass is 19.1.